The lowest BCUT2D eigenvalue weighted by Crippen LogP contribution is -2.46. The molecule has 0 bridgehead atoms. The van der Waals surface area contributed by atoms with E-state index in [0.717, 1.165) is 11.1 Å². The van der Waals surface area contributed by atoms with Gasteiger partial charge in [0, 0.05) is 19.0 Å². The van der Waals surface area contributed by atoms with Crippen LogP contribution in [0.15, 0.2) is 54.6 Å². The standard InChI is InChI=1S/C20H21NO3/c1-14(2)21(13-15-8-4-3-5-9-15)19(22)18-12-16-10-6-7-11-17(16)20(23)24-18/h3-11,14,18H,12-13H2,1-2H3. The predicted octanol–water partition coefficient (Wildman–Crippen LogP) is 3.21. The minimum atomic E-state index is -0.751. The van der Waals surface area contributed by atoms with Crippen molar-refractivity contribution < 1.29 is 14.3 Å². The van der Waals surface area contributed by atoms with E-state index < -0.39 is 12.1 Å². The maximum Gasteiger partial charge on any atom is 0.339 e. The zero-order chi connectivity index (χ0) is 17.1. The lowest BCUT2D eigenvalue weighted by Gasteiger charge is -2.32. The Morgan fingerprint density at radius 2 is 1.79 bits per heavy atom. The van der Waals surface area contributed by atoms with Gasteiger partial charge in [-0.1, -0.05) is 48.5 Å². The van der Waals surface area contributed by atoms with Crippen LogP contribution < -0.4 is 0 Å². The van der Waals surface area contributed by atoms with E-state index >= 15 is 0 Å². The molecule has 0 N–H and O–H groups in total. The quantitative estimate of drug-likeness (QED) is 0.812. The summed E-state index contributed by atoms with van der Waals surface area (Å²) in [6, 6.07) is 17.2. The van der Waals surface area contributed by atoms with Gasteiger partial charge in [-0.3, -0.25) is 4.79 Å². The molecular formula is C20H21NO3. The maximum atomic E-state index is 12.9. The molecule has 1 unspecified atom stereocenters. The van der Waals surface area contributed by atoms with Crippen LogP contribution in [0.4, 0.5) is 0 Å². The van der Waals surface area contributed by atoms with Crippen LogP contribution in [0.5, 0.6) is 0 Å². The van der Waals surface area contributed by atoms with Gasteiger partial charge in [0.25, 0.3) is 5.91 Å². The van der Waals surface area contributed by atoms with Crippen LogP contribution in [0, 0.1) is 0 Å². The highest BCUT2D eigenvalue weighted by atomic mass is 16.5. The second kappa shape index (κ2) is 6.87. The summed E-state index contributed by atoms with van der Waals surface area (Å²) >= 11 is 0. The summed E-state index contributed by atoms with van der Waals surface area (Å²) in [6.07, 6.45) is -0.322. The van der Waals surface area contributed by atoms with E-state index in [2.05, 4.69) is 0 Å². The molecule has 1 amide bonds. The third kappa shape index (κ3) is 3.32. The molecule has 0 spiro atoms. The number of benzene rings is 2. The summed E-state index contributed by atoms with van der Waals surface area (Å²) in [5, 5.41) is 0. The molecule has 1 heterocycles. The van der Waals surface area contributed by atoms with Gasteiger partial charge in [-0.05, 0) is 31.0 Å². The Kier molecular flexibility index (Phi) is 4.65. The fourth-order valence-electron chi connectivity index (χ4n) is 2.95. The molecule has 2 aromatic carbocycles. The average Bonchev–Trinajstić information content (AvgIpc) is 2.60. The van der Waals surface area contributed by atoms with E-state index in [1.54, 1.807) is 17.0 Å². The van der Waals surface area contributed by atoms with Crippen molar-refractivity contribution in [1.82, 2.24) is 4.90 Å². The molecule has 0 saturated carbocycles. The van der Waals surface area contributed by atoms with Crippen LogP contribution in [-0.2, 0) is 22.5 Å². The Morgan fingerprint density at radius 3 is 2.50 bits per heavy atom. The third-order valence-corrected chi connectivity index (χ3v) is 4.27. The van der Waals surface area contributed by atoms with E-state index in [-0.39, 0.29) is 11.9 Å². The Balaban J connectivity index is 1.80. The number of nitrogens with zero attached hydrogens (tertiary/aromatic N) is 1. The van der Waals surface area contributed by atoms with Crippen molar-refractivity contribution in [2.24, 2.45) is 0 Å². The third-order valence-electron chi connectivity index (χ3n) is 4.27. The fraction of sp³-hybridized carbons (Fsp3) is 0.300. The van der Waals surface area contributed by atoms with Gasteiger partial charge in [-0.2, -0.15) is 0 Å². The topological polar surface area (TPSA) is 46.6 Å². The van der Waals surface area contributed by atoms with E-state index in [0.29, 0.717) is 18.5 Å². The molecule has 1 aliphatic heterocycles. The molecule has 1 atom stereocenters. The second-order valence-corrected chi connectivity index (χ2v) is 6.30. The number of hydrogen-bond acceptors (Lipinski definition) is 3. The number of carbonyl (C=O) groups excluding carboxylic acids is 2. The number of rotatable bonds is 4. The molecule has 3 rings (SSSR count). The number of ether oxygens (including phenoxy) is 1. The molecule has 0 aliphatic carbocycles. The summed E-state index contributed by atoms with van der Waals surface area (Å²) in [6.45, 7) is 4.45. The first-order valence-corrected chi connectivity index (χ1v) is 8.19. The molecule has 0 fully saturated rings. The average molecular weight is 323 g/mol. The van der Waals surface area contributed by atoms with E-state index in [9.17, 15) is 9.59 Å². The SMILES string of the molecule is CC(C)N(Cc1ccccc1)C(=O)C1Cc2ccccc2C(=O)O1. The Hall–Kier alpha value is -2.62. The van der Waals surface area contributed by atoms with Crippen LogP contribution in [0.2, 0.25) is 0 Å². The van der Waals surface area contributed by atoms with E-state index in [1.165, 1.54) is 0 Å². The first-order chi connectivity index (χ1) is 11.6. The first-order valence-electron chi connectivity index (χ1n) is 8.19. The Morgan fingerprint density at radius 1 is 1.12 bits per heavy atom. The highest BCUT2D eigenvalue weighted by Crippen LogP contribution is 2.23. The van der Waals surface area contributed by atoms with Gasteiger partial charge in [0.2, 0.25) is 0 Å². The van der Waals surface area contributed by atoms with Crippen molar-refractivity contribution in [3.8, 4) is 0 Å². The number of hydrogen-bond donors (Lipinski definition) is 0. The minimum absolute atomic E-state index is 0.0218. The van der Waals surface area contributed by atoms with Crippen molar-refractivity contribution in [3.05, 3.63) is 71.3 Å². The largest absolute Gasteiger partial charge is 0.448 e. The highest BCUT2D eigenvalue weighted by molar-refractivity contribution is 5.95. The highest BCUT2D eigenvalue weighted by Gasteiger charge is 2.34. The van der Waals surface area contributed by atoms with Gasteiger partial charge in [-0.15, -0.1) is 0 Å². The normalized spacial score (nSPS) is 16.5. The van der Waals surface area contributed by atoms with Gasteiger partial charge >= 0.3 is 5.97 Å². The smallest absolute Gasteiger partial charge is 0.339 e. The van der Waals surface area contributed by atoms with Crippen molar-refractivity contribution in [3.63, 3.8) is 0 Å². The van der Waals surface area contributed by atoms with Crippen molar-refractivity contribution in [2.75, 3.05) is 0 Å². The summed E-state index contributed by atoms with van der Waals surface area (Å²) in [5.41, 5.74) is 2.48. The maximum absolute atomic E-state index is 12.9. The van der Waals surface area contributed by atoms with Crippen LogP contribution in [0.25, 0.3) is 0 Å². The van der Waals surface area contributed by atoms with Crippen molar-refractivity contribution in [2.45, 2.75) is 39.0 Å². The summed E-state index contributed by atoms with van der Waals surface area (Å²) < 4.78 is 5.41. The molecule has 24 heavy (non-hydrogen) atoms. The number of esters is 1. The number of carbonyl (C=O) groups is 2. The summed E-state index contributed by atoms with van der Waals surface area (Å²) in [5.74, 6) is -0.560. The Bertz CT molecular complexity index is 740. The Labute approximate surface area is 142 Å². The lowest BCUT2D eigenvalue weighted by atomic mass is 9.97. The summed E-state index contributed by atoms with van der Waals surface area (Å²) in [4.78, 5) is 26.9. The molecule has 0 aromatic heterocycles. The molecule has 4 heteroatoms. The van der Waals surface area contributed by atoms with Crippen molar-refractivity contribution in [1.29, 1.82) is 0 Å². The number of fused-ring (bicyclic) bond motifs is 1. The van der Waals surface area contributed by atoms with E-state index in [4.69, 9.17) is 4.74 Å². The minimum Gasteiger partial charge on any atom is -0.448 e. The van der Waals surface area contributed by atoms with Crippen molar-refractivity contribution >= 4 is 11.9 Å². The van der Waals surface area contributed by atoms with Crippen LogP contribution in [-0.4, -0.2) is 28.9 Å². The zero-order valence-corrected chi connectivity index (χ0v) is 13.9. The van der Waals surface area contributed by atoms with Crippen LogP contribution in [0.1, 0.15) is 35.3 Å². The summed E-state index contributed by atoms with van der Waals surface area (Å²) in [7, 11) is 0. The van der Waals surface area contributed by atoms with Gasteiger partial charge in [0.15, 0.2) is 6.10 Å². The molecule has 124 valence electrons. The molecule has 4 nitrogen and oxygen atoms in total. The van der Waals surface area contributed by atoms with Gasteiger partial charge in [0.1, 0.15) is 0 Å². The molecule has 2 aromatic rings. The molecule has 0 radical (unpaired) electrons. The predicted molar refractivity (Wildman–Crippen MR) is 91.5 cm³/mol. The van der Waals surface area contributed by atoms with E-state index in [1.807, 2.05) is 56.3 Å². The molecule has 1 aliphatic rings. The number of amides is 1. The van der Waals surface area contributed by atoms with Gasteiger partial charge < -0.3 is 9.64 Å². The van der Waals surface area contributed by atoms with Crippen LogP contribution in [0.3, 0.4) is 0 Å². The monoisotopic (exact) mass is 323 g/mol. The van der Waals surface area contributed by atoms with Gasteiger partial charge in [0.05, 0.1) is 5.56 Å². The first kappa shape index (κ1) is 16.2. The lowest BCUT2D eigenvalue weighted by molar-refractivity contribution is -0.143. The number of cyclic esters (lactones) is 1. The zero-order valence-electron chi connectivity index (χ0n) is 13.9. The molecule has 0 saturated heterocycles. The fourth-order valence-corrected chi connectivity index (χ4v) is 2.95. The van der Waals surface area contributed by atoms with Gasteiger partial charge in [-0.25, -0.2) is 4.79 Å². The van der Waals surface area contributed by atoms with Crippen LogP contribution >= 0.6 is 0 Å². The second-order valence-electron chi connectivity index (χ2n) is 6.30. The molecular weight excluding hydrogens is 302 g/mol.